The zero-order valence-corrected chi connectivity index (χ0v) is 11.4. The van der Waals surface area contributed by atoms with Crippen molar-refractivity contribution in [2.75, 3.05) is 17.4 Å². The number of hydrogen-bond acceptors (Lipinski definition) is 4. The molecule has 0 amide bonds. The maximum atomic E-state index is 13.8. The molecule has 0 saturated carbocycles. The Balaban J connectivity index is 3.17. The van der Waals surface area contributed by atoms with E-state index in [0.29, 0.717) is 0 Å². The van der Waals surface area contributed by atoms with Gasteiger partial charge in [-0.1, -0.05) is 20.8 Å². The van der Waals surface area contributed by atoms with Gasteiger partial charge in [-0.25, -0.2) is 19.6 Å². The second-order valence-corrected chi connectivity index (χ2v) is 5.42. The molecule has 1 aromatic heterocycles. The molecular weight excluding hydrogens is 238 g/mol. The first kappa shape index (κ1) is 14.6. The van der Waals surface area contributed by atoms with Crippen molar-refractivity contribution in [2.45, 2.75) is 33.7 Å². The zero-order valence-electron chi connectivity index (χ0n) is 11.4. The fourth-order valence-corrected chi connectivity index (χ4v) is 1.57. The second-order valence-electron chi connectivity index (χ2n) is 5.42. The lowest BCUT2D eigenvalue weighted by Gasteiger charge is -2.36. The van der Waals surface area contributed by atoms with Gasteiger partial charge < -0.3 is 10.3 Å². The van der Waals surface area contributed by atoms with E-state index in [4.69, 9.17) is 5.84 Å². The van der Waals surface area contributed by atoms with Gasteiger partial charge in [0.15, 0.2) is 23.3 Å². The first-order valence-electron chi connectivity index (χ1n) is 5.74. The summed E-state index contributed by atoms with van der Waals surface area (Å²) in [5.74, 6) is 3.53. The molecule has 6 heteroatoms. The summed E-state index contributed by atoms with van der Waals surface area (Å²) in [5, 5.41) is 0. The standard InChI is InChI=1S/C12H20F2N4/c1-7(12(2,3)4)18(5)11-9(14)6-8(13)10(16-11)17-15/h6-7H,15H2,1-5H3,(H,16,17). The summed E-state index contributed by atoms with van der Waals surface area (Å²) in [7, 11) is 1.72. The van der Waals surface area contributed by atoms with E-state index in [1.165, 1.54) is 0 Å². The van der Waals surface area contributed by atoms with Crippen LogP contribution < -0.4 is 16.2 Å². The topological polar surface area (TPSA) is 54.2 Å². The van der Waals surface area contributed by atoms with E-state index in [1.54, 1.807) is 11.9 Å². The van der Waals surface area contributed by atoms with Gasteiger partial charge in [-0.15, -0.1) is 0 Å². The van der Waals surface area contributed by atoms with E-state index >= 15 is 0 Å². The largest absolute Gasteiger partial charge is 0.354 e. The molecule has 0 radical (unpaired) electrons. The first-order valence-corrected chi connectivity index (χ1v) is 5.74. The van der Waals surface area contributed by atoms with Crippen LogP contribution in [0.5, 0.6) is 0 Å². The number of pyridine rings is 1. The maximum absolute atomic E-state index is 13.8. The minimum absolute atomic E-state index is 0.0237. The minimum Gasteiger partial charge on any atom is -0.354 e. The van der Waals surface area contributed by atoms with E-state index in [2.05, 4.69) is 10.4 Å². The molecular formula is C12H20F2N4. The molecule has 1 unspecified atom stereocenters. The van der Waals surface area contributed by atoms with E-state index in [1.807, 2.05) is 27.7 Å². The van der Waals surface area contributed by atoms with Crippen molar-refractivity contribution in [3.05, 3.63) is 17.7 Å². The van der Waals surface area contributed by atoms with Crippen LogP contribution in [0.4, 0.5) is 20.4 Å². The number of hydrazine groups is 1. The Kier molecular flexibility index (Phi) is 4.11. The summed E-state index contributed by atoms with van der Waals surface area (Å²) in [6.07, 6.45) is 0. The van der Waals surface area contributed by atoms with Crippen LogP contribution in [0.1, 0.15) is 27.7 Å². The SMILES string of the molecule is CC(N(C)c1nc(NN)c(F)cc1F)C(C)(C)C. The fraction of sp³-hybridized carbons (Fsp3) is 0.583. The summed E-state index contributed by atoms with van der Waals surface area (Å²) < 4.78 is 27.0. The Morgan fingerprint density at radius 3 is 2.33 bits per heavy atom. The third kappa shape index (κ3) is 2.87. The van der Waals surface area contributed by atoms with Crippen molar-refractivity contribution in [1.29, 1.82) is 0 Å². The van der Waals surface area contributed by atoms with Crippen molar-refractivity contribution in [1.82, 2.24) is 4.98 Å². The van der Waals surface area contributed by atoms with Crippen LogP contribution in [-0.4, -0.2) is 18.1 Å². The fourth-order valence-electron chi connectivity index (χ4n) is 1.57. The van der Waals surface area contributed by atoms with Gasteiger partial charge in [0.1, 0.15) is 0 Å². The quantitative estimate of drug-likeness (QED) is 0.646. The van der Waals surface area contributed by atoms with Crippen molar-refractivity contribution < 1.29 is 8.78 Å². The Labute approximate surface area is 106 Å². The Morgan fingerprint density at radius 2 is 1.89 bits per heavy atom. The highest BCUT2D eigenvalue weighted by molar-refractivity contribution is 5.49. The van der Waals surface area contributed by atoms with Gasteiger partial charge in [-0.05, 0) is 12.3 Å². The molecule has 1 atom stereocenters. The molecule has 0 aliphatic heterocycles. The van der Waals surface area contributed by atoms with E-state index in [9.17, 15) is 8.78 Å². The number of anilines is 2. The van der Waals surface area contributed by atoms with Gasteiger partial charge in [0.05, 0.1) is 0 Å². The molecule has 0 bridgehead atoms. The highest BCUT2D eigenvalue weighted by Crippen LogP contribution is 2.29. The summed E-state index contributed by atoms with van der Waals surface area (Å²) in [4.78, 5) is 5.54. The van der Waals surface area contributed by atoms with Gasteiger partial charge in [-0.2, -0.15) is 0 Å². The lowest BCUT2D eigenvalue weighted by molar-refractivity contribution is 0.326. The molecule has 0 aliphatic carbocycles. The van der Waals surface area contributed by atoms with Crippen molar-refractivity contribution in [3.63, 3.8) is 0 Å². The lowest BCUT2D eigenvalue weighted by atomic mass is 9.87. The summed E-state index contributed by atoms with van der Waals surface area (Å²) in [6.45, 7) is 8.08. The molecule has 1 aromatic rings. The summed E-state index contributed by atoms with van der Waals surface area (Å²) in [6, 6.07) is 0.805. The number of aromatic nitrogens is 1. The van der Waals surface area contributed by atoms with E-state index < -0.39 is 11.6 Å². The number of nitrogen functional groups attached to an aromatic ring is 1. The van der Waals surface area contributed by atoms with Gasteiger partial charge in [0, 0.05) is 19.2 Å². The average Bonchev–Trinajstić information content (AvgIpc) is 2.26. The summed E-state index contributed by atoms with van der Waals surface area (Å²) in [5.41, 5.74) is 2.05. The highest BCUT2D eigenvalue weighted by atomic mass is 19.1. The average molecular weight is 258 g/mol. The van der Waals surface area contributed by atoms with Crippen LogP contribution in [0.3, 0.4) is 0 Å². The molecule has 3 N–H and O–H groups in total. The highest BCUT2D eigenvalue weighted by Gasteiger charge is 2.27. The Bertz CT molecular complexity index is 429. The first-order chi connectivity index (χ1) is 8.18. The maximum Gasteiger partial charge on any atom is 0.178 e. The van der Waals surface area contributed by atoms with Gasteiger partial charge >= 0.3 is 0 Å². The number of rotatable bonds is 3. The normalized spacial score (nSPS) is 13.3. The molecule has 102 valence electrons. The Morgan fingerprint density at radius 1 is 1.33 bits per heavy atom. The molecule has 18 heavy (non-hydrogen) atoms. The van der Waals surface area contributed by atoms with Crippen LogP contribution in [0.15, 0.2) is 6.07 Å². The monoisotopic (exact) mass is 258 g/mol. The molecule has 0 aliphatic rings. The van der Waals surface area contributed by atoms with Crippen molar-refractivity contribution in [3.8, 4) is 0 Å². The van der Waals surface area contributed by atoms with Crippen LogP contribution >= 0.6 is 0 Å². The van der Waals surface area contributed by atoms with Crippen LogP contribution in [0.25, 0.3) is 0 Å². The van der Waals surface area contributed by atoms with Gasteiger partial charge in [-0.3, -0.25) is 0 Å². The number of halogens is 2. The van der Waals surface area contributed by atoms with Gasteiger partial charge in [0.2, 0.25) is 0 Å². The van der Waals surface area contributed by atoms with Gasteiger partial charge in [0.25, 0.3) is 0 Å². The number of hydrogen-bond donors (Lipinski definition) is 2. The number of nitrogens with one attached hydrogen (secondary N) is 1. The Hall–Kier alpha value is -1.43. The molecule has 0 aromatic carbocycles. The van der Waals surface area contributed by atoms with E-state index in [-0.39, 0.29) is 23.1 Å². The minimum atomic E-state index is -0.810. The predicted molar refractivity (Wildman–Crippen MR) is 69.3 cm³/mol. The van der Waals surface area contributed by atoms with E-state index in [0.717, 1.165) is 6.07 Å². The molecule has 1 heterocycles. The smallest absolute Gasteiger partial charge is 0.178 e. The zero-order chi connectivity index (χ0) is 14.1. The second kappa shape index (κ2) is 5.06. The number of nitrogens with two attached hydrogens (primary N) is 1. The van der Waals surface area contributed by atoms with Crippen LogP contribution in [0.2, 0.25) is 0 Å². The lowest BCUT2D eigenvalue weighted by Crippen LogP contribution is -2.40. The molecule has 4 nitrogen and oxygen atoms in total. The molecule has 0 spiro atoms. The van der Waals surface area contributed by atoms with Crippen molar-refractivity contribution >= 4 is 11.6 Å². The third-order valence-corrected chi connectivity index (χ3v) is 3.22. The molecule has 1 rings (SSSR count). The third-order valence-electron chi connectivity index (χ3n) is 3.22. The molecule has 0 saturated heterocycles. The van der Waals surface area contributed by atoms with Crippen LogP contribution in [0, 0.1) is 17.0 Å². The van der Waals surface area contributed by atoms with Crippen LogP contribution in [-0.2, 0) is 0 Å². The summed E-state index contributed by atoms with van der Waals surface area (Å²) >= 11 is 0. The predicted octanol–water partition coefficient (Wildman–Crippen LogP) is 2.52. The molecule has 0 fully saturated rings. The number of nitrogens with zero attached hydrogens (tertiary/aromatic N) is 2. The van der Waals surface area contributed by atoms with Crippen molar-refractivity contribution in [2.24, 2.45) is 11.3 Å².